The van der Waals surface area contributed by atoms with Gasteiger partial charge in [0, 0.05) is 38.6 Å². The number of nitrogen functional groups attached to an aromatic ring is 1. The highest BCUT2D eigenvalue weighted by molar-refractivity contribution is 5.95. The predicted octanol–water partition coefficient (Wildman–Crippen LogP) is 1.75. The number of amides is 1. The van der Waals surface area contributed by atoms with Crippen LogP contribution >= 0.6 is 0 Å². The Hall–Kier alpha value is -3.73. The van der Waals surface area contributed by atoms with Crippen molar-refractivity contribution >= 4 is 17.4 Å². The van der Waals surface area contributed by atoms with E-state index in [1.165, 1.54) is 16.6 Å². The summed E-state index contributed by atoms with van der Waals surface area (Å²) in [5.74, 6) is 0.301. The highest BCUT2D eigenvalue weighted by Crippen LogP contribution is 2.21. The van der Waals surface area contributed by atoms with Crippen molar-refractivity contribution < 1.29 is 13.9 Å². The summed E-state index contributed by atoms with van der Waals surface area (Å²) in [6.07, 6.45) is 0.159. The van der Waals surface area contributed by atoms with Crippen LogP contribution in [0.5, 0.6) is 0 Å². The summed E-state index contributed by atoms with van der Waals surface area (Å²) < 4.78 is 12.1. The molecule has 3 N–H and O–H groups in total. The summed E-state index contributed by atoms with van der Waals surface area (Å²) >= 11 is 0. The fourth-order valence-corrected chi connectivity index (χ4v) is 3.44. The topological polar surface area (TPSA) is 149 Å². The lowest BCUT2D eigenvalue weighted by Gasteiger charge is -2.24. The van der Waals surface area contributed by atoms with Crippen LogP contribution in [0.2, 0.25) is 0 Å². The van der Waals surface area contributed by atoms with Gasteiger partial charge >= 0.3 is 5.69 Å². The summed E-state index contributed by atoms with van der Waals surface area (Å²) in [5, 5.41) is 8.07. The van der Waals surface area contributed by atoms with Crippen molar-refractivity contribution in [3.63, 3.8) is 0 Å². The van der Waals surface area contributed by atoms with E-state index in [2.05, 4.69) is 15.2 Å². The van der Waals surface area contributed by atoms with Crippen LogP contribution in [0.4, 0.5) is 11.5 Å². The molecule has 3 aromatic rings. The Labute approximate surface area is 196 Å². The van der Waals surface area contributed by atoms with Gasteiger partial charge in [-0.3, -0.25) is 19.1 Å². The first-order valence-corrected chi connectivity index (χ1v) is 11.0. The fraction of sp³-hybridized carbons (Fsp3) is 0.435. The number of nitrogens with zero attached hydrogens (tertiary/aromatic N) is 4. The Morgan fingerprint density at radius 3 is 2.59 bits per heavy atom. The van der Waals surface area contributed by atoms with Crippen molar-refractivity contribution in [2.75, 3.05) is 30.9 Å². The maximum atomic E-state index is 13.1. The van der Waals surface area contributed by atoms with Crippen LogP contribution < -0.4 is 21.9 Å². The molecule has 11 nitrogen and oxygen atoms in total. The van der Waals surface area contributed by atoms with E-state index in [4.69, 9.17) is 14.9 Å². The number of rotatable bonds is 10. The van der Waals surface area contributed by atoms with E-state index >= 15 is 0 Å². The Bertz CT molecular complexity index is 1240. The maximum absolute atomic E-state index is 13.1. The van der Waals surface area contributed by atoms with Crippen LogP contribution in [0.25, 0.3) is 11.5 Å². The average Bonchev–Trinajstić information content (AvgIpc) is 3.26. The molecule has 0 spiro atoms. The number of aromatic nitrogens is 4. The molecule has 34 heavy (non-hydrogen) atoms. The zero-order valence-electron chi connectivity index (χ0n) is 19.8. The number of aromatic amines is 1. The Morgan fingerprint density at radius 1 is 1.24 bits per heavy atom. The standard InChI is InChI=1S/C23H30N6O5/c1-14(2)13-29-20(24)19(21(31)25-23(29)32)28(11-12-33-4)18(30)10-9-17-26-27-22(34-17)16-7-5-15(3)6-8-16/h5-8,14H,9-13,24H2,1-4H3,(H,25,31,32). The molecule has 0 bridgehead atoms. The van der Waals surface area contributed by atoms with E-state index in [0.717, 1.165) is 11.1 Å². The quantitative estimate of drug-likeness (QED) is 0.455. The van der Waals surface area contributed by atoms with E-state index in [1.54, 1.807) is 0 Å². The molecule has 11 heteroatoms. The monoisotopic (exact) mass is 470 g/mol. The van der Waals surface area contributed by atoms with Gasteiger partial charge in [-0.25, -0.2) is 4.79 Å². The summed E-state index contributed by atoms with van der Waals surface area (Å²) in [6.45, 7) is 6.37. The summed E-state index contributed by atoms with van der Waals surface area (Å²) in [4.78, 5) is 41.6. The highest BCUT2D eigenvalue weighted by atomic mass is 16.5. The second-order valence-electron chi connectivity index (χ2n) is 8.40. The van der Waals surface area contributed by atoms with Gasteiger partial charge in [-0.2, -0.15) is 0 Å². The first-order valence-electron chi connectivity index (χ1n) is 11.0. The molecule has 0 fully saturated rings. The molecule has 0 unspecified atom stereocenters. The van der Waals surface area contributed by atoms with Crippen molar-refractivity contribution in [1.82, 2.24) is 19.7 Å². The molecule has 0 atom stereocenters. The van der Waals surface area contributed by atoms with E-state index in [-0.39, 0.29) is 49.3 Å². The lowest BCUT2D eigenvalue weighted by atomic mass is 10.1. The normalized spacial score (nSPS) is 11.2. The minimum atomic E-state index is -0.730. The van der Waals surface area contributed by atoms with Gasteiger partial charge in [0.25, 0.3) is 5.56 Å². The third-order valence-corrected chi connectivity index (χ3v) is 5.17. The van der Waals surface area contributed by atoms with Crippen molar-refractivity contribution in [3.8, 4) is 11.5 Å². The molecule has 0 aliphatic heterocycles. The van der Waals surface area contributed by atoms with Crippen LogP contribution in [-0.4, -0.2) is 45.9 Å². The van der Waals surface area contributed by atoms with Gasteiger partial charge in [0.2, 0.25) is 17.7 Å². The molecular weight excluding hydrogens is 440 g/mol. The van der Waals surface area contributed by atoms with Crippen LogP contribution in [0.1, 0.15) is 31.7 Å². The van der Waals surface area contributed by atoms with Gasteiger partial charge in [0.05, 0.1) is 6.61 Å². The fourth-order valence-electron chi connectivity index (χ4n) is 3.44. The van der Waals surface area contributed by atoms with Crippen LogP contribution in [0, 0.1) is 12.8 Å². The summed E-state index contributed by atoms with van der Waals surface area (Å²) in [5.41, 5.74) is 6.67. The van der Waals surface area contributed by atoms with E-state index < -0.39 is 11.2 Å². The third-order valence-electron chi connectivity index (χ3n) is 5.17. The molecule has 3 rings (SSSR count). The number of H-pyrrole nitrogens is 1. The summed E-state index contributed by atoms with van der Waals surface area (Å²) in [7, 11) is 1.49. The van der Waals surface area contributed by atoms with Crippen LogP contribution in [0.15, 0.2) is 38.3 Å². The number of ether oxygens (including phenoxy) is 1. The van der Waals surface area contributed by atoms with Gasteiger partial charge < -0.3 is 19.8 Å². The smallest absolute Gasteiger partial charge is 0.330 e. The molecule has 0 radical (unpaired) electrons. The van der Waals surface area contributed by atoms with Crippen molar-refractivity contribution in [2.45, 2.75) is 40.2 Å². The van der Waals surface area contributed by atoms with Gasteiger partial charge in [0.15, 0.2) is 5.69 Å². The van der Waals surface area contributed by atoms with E-state index in [1.807, 2.05) is 45.0 Å². The van der Waals surface area contributed by atoms with Gasteiger partial charge in [-0.15, -0.1) is 10.2 Å². The number of methoxy groups -OCH3 is 1. The average molecular weight is 471 g/mol. The number of nitrogens with two attached hydrogens (primary N) is 1. The van der Waals surface area contributed by atoms with E-state index in [9.17, 15) is 14.4 Å². The van der Waals surface area contributed by atoms with Gasteiger partial charge in [0.1, 0.15) is 5.82 Å². The van der Waals surface area contributed by atoms with Crippen LogP contribution in [0.3, 0.4) is 0 Å². The first-order chi connectivity index (χ1) is 16.2. The molecule has 0 aliphatic rings. The number of aryl methyl sites for hydroxylation is 2. The molecule has 2 aromatic heterocycles. The van der Waals surface area contributed by atoms with Gasteiger partial charge in [-0.05, 0) is 25.0 Å². The number of nitrogens with one attached hydrogen (secondary N) is 1. The molecule has 0 saturated heterocycles. The molecule has 182 valence electrons. The number of carbonyl (C=O) groups excluding carboxylic acids is 1. The SMILES string of the molecule is COCCN(C(=O)CCc1nnc(-c2ccc(C)cc2)o1)c1c(N)n(CC(C)C)c(=O)[nH]c1=O. The number of carbonyl (C=O) groups is 1. The Kier molecular flexibility index (Phi) is 8.00. The Morgan fingerprint density at radius 2 is 1.94 bits per heavy atom. The molecule has 1 amide bonds. The van der Waals surface area contributed by atoms with Crippen molar-refractivity contribution in [1.29, 1.82) is 0 Å². The first kappa shape index (κ1) is 24.9. The second-order valence-corrected chi connectivity index (χ2v) is 8.40. The van der Waals surface area contributed by atoms with Crippen molar-refractivity contribution in [3.05, 3.63) is 56.6 Å². The number of hydrogen-bond acceptors (Lipinski definition) is 8. The number of benzene rings is 1. The zero-order valence-corrected chi connectivity index (χ0v) is 19.8. The molecule has 1 aromatic carbocycles. The largest absolute Gasteiger partial charge is 0.421 e. The van der Waals surface area contributed by atoms with Crippen LogP contribution in [-0.2, 0) is 22.5 Å². The second kappa shape index (κ2) is 10.9. The lowest BCUT2D eigenvalue weighted by molar-refractivity contribution is -0.118. The number of hydrogen-bond donors (Lipinski definition) is 2. The minimum Gasteiger partial charge on any atom is -0.421 e. The minimum absolute atomic E-state index is 0.0125. The number of anilines is 2. The van der Waals surface area contributed by atoms with E-state index in [0.29, 0.717) is 18.3 Å². The molecule has 0 saturated carbocycles. The third kappa shape index (κ3) is 5.79. The van der Waals surface area contributed by atoms with Gasteiger partial charge in [-0.1, -0.05) is 31.5 Å². The highest BCUT2D eigenvalue weighted by Gasteiger charge is 2.25. The maximum Gasteiger partial charge on any atom is 0.330 e. The molecule has 2 heterocycles. The zero-order chi connectivity index (χ0) is 24.8. The predicted molar refractivity (Wildman–Crippen MR) is 128 cm³/mol. The van der Waals surface area contributed by atoms with Crippen molar-refractivity contribution in [2.24, 2.45) is 5.92 Å². The lowest BCUT2D eigenvalue weighted by Crippen LogP contribution is -2.43. The molecular formula is C23H30N6O5. The summed E-state index contributed by atoms with van der Waals surface area (Å²) in [6, 6.07) is 7.64. The Balaban J connectivity index is 1.82. The molecule has 0 aliphatic carbocycles.